The third-order valence-electron chi connectivity index (χ3n) is 4.30. The Kier molecular flexibility index (Phi) is 15.3. The number of unbranched alkanes of at least 4 members (excludes halogenated alkanes) is 4. The zero-order valence-electron chi connectivity index (χ0n) is 16.5. The second kappa shape index (κ2) is 16.0. The van der Waals surface area contributed by atoms with Crippen LogP contribution in [0.4, 0.5) is 0 Å². The van der Waals surface area contributed by atoms with Crippen LogP contribution in [0.3, 0.4) is 0 Å². The number of nitrogens with zero attached hydrogens (tertiary/aromatic N) is 2. The van der Waals surface area contributed by atoms with Gasteiger partial charge in [0.15, 0.2) is 0 Å². The number of amides is 2. The highest BCUT2D eigenvalue weighted by molar-refractivity contribution is 5.77. The number of rotatable bonds is 16. The van der Waals surface area contributed by atoms with Gasteiger partial charge in [-0.05, 0) is 12.8 Å². The van der Waals surface area contributed by atoms with E-state index < -0.39 is 6.10 Å². The normalized spacial score (nSPS) is 11.0. The van der Waals surface area contributed by atoms with Gasteiger partial charge < -0.3 is 25.1 Å². The summed E-state index contributed by atoms with van der Waals surface area (Å²) in [4.78, 5) is 27.4. The molecule has 0 aromatic carbocycles. The molecule has 26 heavy (non-hydrogen) atoms. The van der Waals surface area contributed by atoms with Gasteiger partial charge in [0, 0.05) is 39.0 Å². The van der Waals surface area contributed by atoms with Crippen molar-refractivity contribution in [2.75, 3.05) is 39.4 Å². The van der Waals surface area contributed by atoms with Crippen molar-refractivity contribution in [3.8, 4) is 0 Å². The monoisotopic (exact) mass is 374 g/mol. The van der Waals surface area contributed by atoms with Crippen LogP contribution < -0.4 is 0 Å². The third-order valence-corrected chi connectivity index (χ3v) is 4.30. The van der Waals surface area contributed by atoms with Crippen LogP contribution in [0.2, 0.25) is 0 Å². The lowest BCUT2D eigenvalue weighted by atomic mass is 10.1. The maximum Gasteiger partial charge on any atom is 0.222 e. The number of aliphatic hydroxyl groups excluding tert-OH is 3. The van der Waals surface area contributed by atoms with Gasteiger partial charge in [-0.2, -0.15) is 0 Å². The molecule has 2 amide bonds. The average Bonchev–Trinajstić information content (AvgIpc) is 2.61. The maximum absolute atomic E-state index is 12.2. The summed E-state index contributed by atoms with van der Waals surface area (Å²) in [6, 6.07) is 0. The Morgan fingerprint density at radius 3 is 1.46 bits per heavy atom. The van der Waals surface area contributed by atoms with Gasteiger partial charge in [-0.3, -0.25) is 9.59 Å². The molecular weight excluding hydrogens is 336 g/mol. The first-order valence-electron chi connectivity index (χ1n) is 9.95. The lowest BCUT2D eigenvalue weighted by molar-refractivity contribution is -0.135. The fraction of sp³-hybridized carbons (Fsp3) is 0.895. The SMILES string of the molecule is CCCCCC(=O)N(CCO)CC(O)CN(CCO)C(=O)CCCCC. The van der Waals surface area contributed by atoms with E-state index in [2.05, 4.69) is 13.8 Å². The van der Waals surface area contributed by atoms with Crippen LogP contribution in [0.5, 0.6) is 0 Å². The van der Waals surface area contributed by atoms with Gasteiger partial charge in [-0.1, -0.05) is 39.5 Å². The molecule has 0 aliphatic heterocycles. The van der Waals surface area contributed by atoms with Gasteiger partial charge in [0.25, 0.3) is 0 Å². The van der Waals surface area contributed by atoms with Crippen molar-refractivity contribution in [2.24, 2.45) is 0 Å². The van der Waals surface area contributed by atoms with E-state index in [0.717, 1.165) is 38.5 Å². The number of carbonyl (C=O) groups is 2. The average molecular weight is 375 g/mol. The fourth-order valence-electron chi connectivity index (χ4n) is 2.81. The van der Waals surface area contributed by atoms with E-state index in [1.807, 2.05) is 0 Å². The lowest BCUT2D eigenvalue weighted by Gasteiger charge is -2.29. The highest BCUT2D eigenvalue weighted by Gasteiger charge is 2.21. The van der Waals surface area contributed by atoms with Gasteiger partial charge in [0.1, 0.15) is 0 Å². The Bertz CT molecular complexity index is 345. The van der Waals surface area contributed by atoms with Crippen LogP contribution in [0.1, 0.15) is 65.2 Å². The van der Waals surface area contributed by atoms with Crippen LogP contribution in [0.25, 0.3) is 0 Å². The molecule has 0 saturated heterocycles. The molecule has 3 N–H and O–H groups in total. The second-order valence-electron chi connectivity index (χ2n) is 6.69. The molecule has 0 heterocycles. The molecule has 154 valence electrons. The highest BCUT2D eigenvalue weighted by atomic mass is 16.3. The molecule has 0 aliphatic carbocycles. The zero-order chi connectivity index (χ0) is 19.8. The van der Waals surface area contributed by atoms with Crippen LogP contribution in [0, 0.1) is 0 Å². The van der Waals surface area contributed by atoms with Gasteiger partial charge >= 0.3 is 0 Å². The summed E-state index contributed by atoms with van der Waals surface area (Å²) in [5.41, 5.74) is 0. The molecule has 0 aliphatic rings. The summed E-state index contributed by atoms with van der Waals surface area (Å²) in [5, 5.41) is 28.7. The standard InChI is InChI=1S/C19H38N2O5/c1-3-5-7-9-18(25)20(11-13-22)15-17(24)16-21(12-14-23)19(26)10-8-6-4-2/h17,22-24H,3-16H2,1-2H3. The van der Waals surface area contributed by atoms with E-state index >= 15 is 0 Å². The zero-order valence-corrected chi connectivity index (χ0v) is 16.5. The number of aliphatic hydroxyl groups is 3. The first kappa shape index (κ1) is 24.8. The van der Waals surface area contributed by atoms with Crippen molar-refractivity contribution in [1.82, 2.24) is 9.80 Å². The van der Waals surface area contributed by atoms with Crippen LogP contribution >= 0.6 is 0 Å². The largest absolute Gasteiger partial charge is 0.395 e. The molecule has 0 bridgehead atoms. The molecule has 0 fully saturated rings. The molecule has 7 heteroatoms. The second-order valence-corrected chi connectivity index (χ2v) is 6.69. The lowest BCUT2D eigenvalue weighted by Crippen LogP contribution is -2.46. The minimum Gasteiger partial charge on any atom is -0.395 e. The van der Waals surface area contributed by atoms with Crippen molar-refractivity contribution >= 4 is 11.8 Å². The van der Waals surface area contributed by atoms with E-state index in [1.54, 1.807) is 0 Å². The third kappa shape index (κ3) is 11.4. The summed E-state index contributed by atoms with van der Waals surface area (Å²) in [7, 11) is 0. The Morgan fingerprint density at radius 2 is 1.15 bits per heavy atom. The minimum absolute atomic E-state index is 0.0791. The topological polar surface area (TPSA) is 101 Å². The smallest absolute Gasteiger partial charge is 0.222 e. The first-order valence-corrected chi connectivity index (χ1v) is 9.95. The Labute approximate surface area is 158 Å². The van der Waals surface area contributed by atoms with Crippen molar-refractivity contribution in [1.29, 1.82) is 0 Å². The number of hydrogen-bond donors (Lipinski definition) is 3. The molecule has 0 rings (SSSR count). The molecule has 7 nitrogen and oxygen atoms in total. The summed E-state index contributed by atoms with van der Waals surface area (Å²) in [6.45, 7) is 4.30. The van der Waals surface area contributed by atoms with Crippen LogP contribution in [-0.4, -0.2) is 82.4 Å². The van der Waals surface area contributed by atoms with E-state index in [9.17, 15) is 24.9 Å². The Hall–Kier alpha value is -1.18. The van der Waals surface area contributed by atoms with Crippen molar-refractivity contribution < 1.29 is 24.9 Å². The summed E-state index contributed by atoms with van der Waals surface area (Å²) in [6.07, 6.45) is 5.46. The quantitative estimate of drug-likeness (QED) is 0.352. The Balaban J connectivity index is 4.59. The summed E-state index contributed by atoms with van der Waals surface area (Å²) < 4.78 is 0. The molecule has 0 unspecified atom stereocenters. The molecule has 0 radical (unpaired) electrons. The first-order chi connectivity index (χ1) is 12.5. The summed E-state index contributed by atoms with van der Waals surface area (Å²) in [5.74, 6) is -0.177. The van der Waals surface area contributed by atoms with Crippen molar-refractivity contribution in [2.45, 2.75) is 71.3 Å². The molecule has 0 spiro atoms. The molecule has 0 saturated carbocycles. The van der Waals surface area contributed by atoms with Crippen molar-refractivity contribution in [3.63, 3.8) is 0 Å². The molecule has 0 aromatic heterocycles. The van der Waals surface area contributed by atoms with Gasteiger partial charge in [0.2, 0.25) is 11.8 Å². The molecule has 0 aromatic rings. The maximum atomic E-state index is 12.2. The van der Waals surface area contributed by atoms with Gasteiger partial charge in [-0.15, -0.1) is 0 Å². The number of carbonyl (C=O) groups excluding carboxylic acids is 2. The van der Waals surface area contributed by atoms with Crippen LogP contribution in [0.15, 0.2) is 0 Å². The molecular formula is C19H38N2O5. The van der Waals surface area contributed by atoms with E-state index in [-0.39, 0.29) is 51.2 Å². The van der Waals surface area contributed by atoms with Crippen molar-refractivity contribution in [3.05, 3.63) is 0 Å². The number of hydrogen-bond acceptors (Lipinski definition) is 5. The van der Waals surface area contributed by atoms with E-state index in [1.165, 1.54) is 9.80 Å². The predicted molar refractivity (Wildman–Crippen MR) is 102 cm³/mol. The van der Waals surface area contributed by atoms with E-state index in [4.69, 9.17) is 0 Å². The summed E-state index contributed by atoms with van der Waals surface area (Å²) >= 11 is 0. The minimum atomic E-state index is -0.904. The van der Waals surface area contributed by atoms with Gasteiger partial charge in [0.05, 0.1) is 19.3 Å². The van der Waals surface area contributed by atoms with Crippen LogP contribution in [-0.2, 0) is 9.59 Å². The highest BCUT2D eigenvalue weighted by Crippen LogP contribution is 2.07. The van der Waals surface area contributed by atoms with Gasteiger partial charge in [-0.25, -0.2) is 0 Å². The fourth-order valence-corrected chi connectivity index (χ4v) is 2.81. The van der Waals surface area contributed by atoms with E-state index in [0.29, 0.717) is 12.8 Å². The Morgan fingerprint density at radius 1 is 0.769 bits per heavy atom. The predicted octanol–water partition coefficient (Wildman–Crippen LogP) is 1.15. The molecule has 0 atom stereocenters.